The maximum Gasteiger partial charge on any atom is 0.245 e. The first kappa shape index (κ1) is 10.3. The van der Waals surface area contributed by atoms with Crippen molar-refractivity contribution in [3.8, 4) is 0 Å². The van der Waals surface area contributed by atoms with Crippen molar-refractivity contribution in [1.82, 2.24) is 20.5 Å². The van der Waals surface area contributed by atoms with Crippen molar-refractivity contribution in [2.75, 3.05) is 31.1 Å². The summed E-state index contributed by atoms with van der Waals surface area (Å²) in [5.74, 6) is 0.766. The Labute approximate surface area is 89.9 Å². The van der Waals surface area contributed by atoms with Crippen LogP contribution in [0.1, 0.15) is 17.8 Å². The summed E-state index contributed by atoms with van der Waals surface area (Å²) in [6.45, 7) is 7.96. The summed E-state index contributed by atoms with van der Waals surface area (Å²) in [6.07, 6.45) is 1.14. The molecule has 0 aliphatic carbocycles. The molecule has 1 aliphatic rings. The number of anilines is 1. The molecule has 1 aromatic heterocycles. The van der Waals surface area contributed by atoms with Gasteiger partial charge < -0.3 is 10.2 Å². The van der Waals surface area contributed by atoms with Gasteiger partial charge in [-0.1, -0.05) is 0 Å². The van der Waals surface area contributed by atoms with Crippen LogP contribution in [0.15, 0.2) is 0 Å². The topological polar surface area (TPSA) is 53.9 Å². The number of hydrogen-bond donors (Lipinski definition) is 1. The fourth-order valence-corrected chi connectivity index (χ4v) is 1.63. The van der Waals surface area contributed by atoms with Gasteiger partial charge in [0.25, 0.3) is 0 Å². The molecule has 1 aliphatic heterocycles. The molecule has 5 nitrogen and oxygen atoms in total. The molecule has 0 saturated carbocycles. The summed E-state index contributed by atoms with van der Waals surface area (Å²) >= 11 is 0. The van der Waals surface area contributed by atoms with E-state index in [1.54, 1.807) is 0 Å². The minimum Gasteiger partial charge on any atom is -0.338 e. The standard InChI is InChI=1S/C10H17N5/c1-8-9(2)13-14-10(12-8)15-6-3-4-11-5-7-15/h11H,3-7H2,1-2H3. The Morgan fingerprint density at radius 1 is 1.07 bits per heavy atom. The second-order valence-electron chi connectivity index (χ2n) is 3.87. The third kappa shape index (κ3) is 2.41. The molecule has 2 heterocycles. The first-order valence-electron chi connectivity index (χ1n) is 5.41. The molecule has 5 heteroatoms. The molecule has 2 rings (SSSR count). The molecule has 1 saturated heterocycles. The number of aryl methyl sites for hydroxylation is 2. The van der Waals surface area contributed by atoms with Gasteiger partial charge in [-0.2, -0.15) is 5.10 Å². The molecule has 0 amide bonds. The van der Waals surface area contributed by atoms with Crippen LogP contribution in [0.4, 0.5) is 5.95 Å². The number of hydrogen-bond acceptors (Lipinski definition) is 5. The van der Waals surface area contributed by atoms with Crippen LogP contribution in [-0.4, -0.2) is 41.4 Å². The number of rotatable bonds is 1. The van der Waals surface area contributed by atoms with E-state index in [0.29, 0.717) is 0 Å². The highest BCUT2D eigenvalue weighted by atomic mass is 15.3. The third-order valence-electron chi connectivity index (χ3n) is 2.70. The number of nitrogens with zero attached hydrogens (tertiary/aromatic N) is 4. The number of aromatic nitrogens is 3. The van der Waals surface area contributed by atoms with E-state index in [-0.39, 0.29) is 0 Å². The average Bonchev–Trinajstić information content (AvgIpc) is 2.50. The molecule has 0 aromatic carbocycles. The fourth-order valence-electron chi connectivity index (χ4n) is 1.63. The minimum absolute atomic E-state index is 0.766. The highest BCUT2D eigenvalue weighted by Gasteiger charge is 2.12. The number of nitrogens with one attached hydrogen (secondary N) is 1. The van der Waals surface area contributed by atoms with E-state index in [1.165, 1.54) is 0 Å². The van der Waals surface area contributed by atoms with E-state index in [2.05, 4.69) is 25.4 Å². The van der Waals surface area contributed by atoms with Crippen LogP contribution in [0.25, 0.3) is 0 Å². The Balaban J connectivity index is 2.16. The predicted molar refractivity (Wildman–Crippen MR) is 59.0 cm³/mol. The Hall–Kier alpha value is -1.23. The molecule has 1 N–H and O–H groups in total. The largest absolute Gasteiger partial charge is 0.338 e. The minimum atomic E-state index is 0.766. The zero-order valence-electron chi connectivity index (χ0n) is 9.32. The van der Waals surface area contributed by atoms with E-state index in [9.17, 15) is 0 Å². The van der Waals surface area contributed by atoms with Gasteiger partial charge in [0.1, 0.15) is 0 Å². The summed E-state index contributed by atoms with van der Waals surface area (Å²) in [7, 11) is 0. The van der Waals surface area contributed by atoms with Gasteiger partial charge in [0.2, 0.25) is 5.95 Å². The SMILES string of the molecule is Cc1nnc(N2CCCNCC2)nc1C. The second kappa shape index (κ2) is 4.53. The molecular formula is C10H17N5. The molecule has 82 valence electrons. The molecule has 0 spiro atoms. The normalized spacial score (nSPS) is 17.6. The maximum absolute atomic E-state index is 4.46. The Morgan fingerprint density at radius 3 is 2.73 bits per heavy atom. The summed E-state index contributed by atoms with van der Waals surface area (Å²) < 4.78 is 0. The Kier molecular flexibility index (Phi) is 3.11. The van der Waals surface area contributed by atoms with Crippen LogP contribution in [0.2, 0.25) is 0 Å². The fraction of sp³-hybridized carbons (Fsp3) is 0.700. The van der Waals surface area contributed by atoms with Crippen LogP contribution >= 0.6 is 0 Å². The van der Waals surface area contributed by atoms with Crippen molar-refractivity contribution in [2.45, 2.75) is 20.3 Å². The van der Waals surface area contributed by atoms with Crippen LogP contribution in [0.3, 0.4) is 0 Å². The monoisotopic (exact) mass is 207 g/mol. The first-order chi connectivity index (χ1) is 7.27. The summed E-state index contributed by atoms with van der Waals surface area (Å²) in [5.41, 5.74) is 1.88. The molecular weight excluding hydrogens is 190 g/mol. The average molecular weight is 207 g/mol. The summed E-state index contributed by atoms with van der Waals surface area (Å²) in [5, 5.41) is 11.6. The second-order valence-corrected chi connectivity index (χ2v) is 3.87. The van der Waals surface area contributed by atoms with E-state index >= 15 is 0 Å². The molecule has 0 unspecified atom stereocenters. The molecule has 1 aromatic rings. The molecule has 1 fully saturated rings. The Bertz CT molecular complexity index is 331. The van der Waals surface area contributed by atoms with Gasteiger partial charge in [0.05, 0.1) is 11.4 Å². The molecule has 0 radical (unpaired) electrons. The molecule has 0 bridgehead atoms. The van der Waals surface area contributed by atoms with E-state index in [1.807, 2.05) is 13.8 Å². The zero-order valence-corrected chi connectivity index (χ0v) is 9.32. The van der Waals surface area contributed by atoms with Gasteiger partial charge in [-0.05, 0) is 26.8 Å². The highest BCUT2D eigenvalue weighted by molar-refractivity contribution is 5.29. The van der Waals surface area contributed by atoms with Crippen LogP contribution in [-0.2, 0) is 0 Å². The van der Waals surface area contributed by atoms with Crippen molar-refractivity contribution in [3.63, 3.8) is 0 Å². The van der Waals surface area contributed by atoms with Crippen molar-refractivity contribution < 1.29 is 0 Å². The van der Waals surface area contributed by atoms with Crippen LogP contribution < -0.4 is 10.2 Å². The highest BCUT2D eigenvalue weighted by Crippen LogP contribution is 2.09. The summed E-state index contributed by atoms with van der Waals surface area (Å²) in [6, 6.07) is 0. The van der Waals surface area contributed by atoms with Gasteiger partial charge in [0.15, 0.2) is 0 Å². The smallest absolute Gasteiger partial charge is 0.245 e. The quantitative estimate of drug-likeness (QED) is 0.717. The lowest BCUT2D eigenvalue weighted by atomic mass is 10.4. The van der Waals surface area contributed by atoms with Gasteiger partial charge in [0, 0.05) is 19.6 Å². The van der Waals surface area contributed by atoms with Gasteiger partial charge in [-0.25, -0.2) is 4.98 Å². The van der Waals surface area contributed by atoms with Crippen molar-refractivity contribution in [3.05, 3.63) is 11.4 Å². The molecule has 15 heavy (non-hydrogen) atoms. The summed E-state index contributed by atoms with van der Waals surface area (Å²) in [4.78, 5) is 6.66. The van der Waals surface area contributed by atoms with Crippen molar-refractivity contribution in [2.24, 2.45) is 0 Å². The van der Waals surface area contributed by atoms with Gasteiger partial charge in [-0.3, -0.25) is 0 Å². The first-order valence-corrected chi connectivity index (χ1v) is 5.41. The lowest BCUT2D eigenvalue weighted by molar-refractivity contribution is 0.724. The van der Waals surface area contributed by atoms with Gasteiger partial charge >= 0.3 is 0 Å². The van der Waals surface area contributed by atoms with Crippen molar-refractivity contribution >= 4 is 5.95 Å². The maximum atomic E-state index is 4.46. The Morgan fingerprint density at radius 2 is 1.93 bits per heavy atom. The molecule has 0 atom stereocenters. The van der Waals surface area contributed by atoms with Crippen molar-refractivity contribution in [1.29, 1.82) is 0 Å². The third-order valence-corrected chi connectivity index (χ3v) is 2.70. The lowest BCUT2D eigenvalue weighted by Gasteiger charge is -2.19. The van der Waals surface area contributed by atoms with E-state index < -0.39 is 0 Å². The zero-order chi connectivity index (χ0) is 10.7. The van der Waals surface area contributed by atoms with Crippen LogP contribution in [0, 0.1) is 13.8 Å². The van der Waals surface area contributed by atoms with E-state index in [0.717, 1.165) is 49.9 Å². The van der Waals surface area contributed by atoms with E-state index in [4.69, 9.17) is 0 Å². The van der Waals surface area contributed by atoms with Gasteiger partial charge in [-0.15, -0.1) is 5.10 Å². The predicted octanol–water partition coefficient (Wildman–Crippen LogP) is 0.288. The lowest BCUT2D eigenvalue weighted by Crippen LogP contribution is -2.30. The van der Waals surface area contributed by atoms with Crippen LogP contribution in [0.5, 0.6) is 0 Å².